The maximum absolute atomic E-state index is 13.6. The second kappa shape index (κ2) is 4.57. The van der Waals surface area contributed by atoms with Gasteiger partial charge in [-0.05, 0) is 18.6 Å². The Morgan fingerprint density at radius 3 is 2.76 bits per heavy atom. The number of anilines is 1. The highest BCUT2D eigenvalue weighted by Gasteiger charge is 2.09. The van der Waals surface area contributed by atoms with Crippen LogP contribution in [0.4, 0.5) is 10.1 Å². The zero-order valence-electron chi connectivity index (χ0n) is 9.96. The Hall–Kier alpha value is -1.84. The minimum atomic E-state index is -0.416. The average molecular weight is 234 g/mol. The van der Waals surface area contributed by atoms with E-state index in [9.17, 15) is 4.39 Å². The number of nitrogens with zero attached hydrogens (tertiary/aromatic N) is 1. The molecule has 0 radical (unpaired) electrons. The van der Waals surface area contributed by atoms with Gasteiger partial charge in [-0.1, -0.05) is 13.3 Å². The van der Waals surface area contributed by atoms with E-state index in [4.69, 9.17) is 10.5 Å². The molecule has 3 nitrogen and oxygen atoms in total. The molecule has 0 spiro atoms. The molecule has 1 aromatic carbocycles. The molecule has 1 aromatic heterocycles. The third kappa shape index (κ3) is 2.16. The van der Waals surface area contributed by atoms with Crippen molar-refractivity contribution in [1.82, 2.24) is 4.98 Å². The molecule has 0 saturated heterocycles. The number of ether oxygens (including phenoxy) is 1. The molecule has 0 aliphatic carbocycles. The van der Waals surface area contributed by atoms with Crippen LogP contribution in [-0.2, 0) is 6.42 Å². The summed E-state index contributed by atoms with van der Waals surface area (Å²) >= 11 is 0. The van der Waals surface area contributed by atoms with Gasteiger partial charge in [-0.15, -0.1) is 0 Å². The molecule has 0 atom stereocenters. The Kier molecular flexibility index (Phi) is 3.13. The fourth-order valence-electron chi connectivity index (χ4n) is 1.85. The zero-order chi connectivity index (χ0) is 12.4. The van der Waals surface area contributed by atoms with Gasteiger partial charge in [0.2, 0.25) is 0 Å². The second-order valence-corrected chi connectivity index (χ2v) is 3.96. The monoisotopic (exact) mass is 234 g/mol. The van der Waals surface area contributed by atoms with Gasteiger partial charge < -0.3 is 10.5 Å². The van der Waals surface area contributed by atoms with Crippen molar-refractivity contribution in [3.05, 3.63) is 29.7 Å². The fraction of sp³-hybridized carbons (Fsp3) is 0.308. The summed E-state index contributed by atoms with van der Waals surface area (Å²) in [5.41, 5.74) is 8.02. The normalized spacial score (nSPS) is 10.8. The van der Waals surface area contributed by atoms with Crippen molar-refractivity contribution in [2.45, 2.75) is 19.8 Å². The van der Waals surface area contributed by atoms with Gasteiger partial charge in [0, 0.05) is 22.8 Å². The van der Waals surface area contributed by atoms with Crippen LogP contribution in [0.15, 0.2) is 18.2 Å². The molecule has 2 rings (SSSR count). The van der Waals surface area contributed by atoms with Crippen molar-refractivity contribution in [1.29, 1.82) is 0 Å². The topological polar surface area (TPSA) is 48.1 Å². The van der Waals surface area contributed by atoms with E-state index >= 15 is 0 Å². The summed E-state index contributed by atoms with van der Waals surface area (Å²) in [6, 6.07) is 4.79. The predicted molar refractivity (Wildman–Crippen MR) is 66.7 cm³/mol. The third-order valence-corrected chi connectivity index (χ3v) is 2.67. The van der Waals surface area contributed by atoms with Crippen LogP contribution >= 0.6 is 0 Å². The smallest absolute Gasteiger partial charge is 0.167 e. The van der Waals surface area contributed by atoms with Crippen LogP contribution in [0.3, 0.4) is 0 Å². The van der Waals surface area contributed by atoms with Gasteiger partial charge in [-0.3, -0.25) is 4.98 Å². The Labute approximate surface area is 99.4 Å². The van der Waals surface area contributed by atoms with Crippen molar-refractivity contribution in [2.24, 2.45) is 0 Å². The lowest BCUT2D eigenvalue weighted by molar-refractivity contribution is 0.387. The van der Waals surface area contributed by atoms with Crippen LogP contribution in [0.1, 0.15) is 19.0 Å². The molecule has 0 aliphatic rings. The Bertz CT molecular complexity index is 555. The molecule has 1 heterocycles. The molecule has 2 N–H and O–H groups in total. The van der Waals surface area contributed by atoms with Gasteiger partial charge in [-0.25, -0.2) is 4.39 Å². The Morgan fingerprint density at radius 1 is 1.35 bits per heavy atom. The number of hydrogen-bond donors (Lipinski definition) is 1. The number of hydrogen-bond acceptors (Lipinski definition) is 3. The van der Waals surface area contributed by atoms with E-state index in [0.29, 0.717) is 11.2 Å². The quantitative estimate of drug-likeness (QED) is 0.888. The summed E-state index contributed by atoms with van der Waals surface area (Å²) in [7, 11) is 1.43. The standard InChI is InChI=1S/C13H15FN2O/c1-3-4-8-5-11(15)9-6-13(17-2)10(14)7-12(9)16-8/h5-7H,3-4H2,1-2H3,(H2,15,16). The third-order valence-electron chi connectivity index (χ3n) is 2.67. The molecule has 0 bridgehead atoms. The maximum atomic E-state index is 13.6. The number of nitrogens with two attached hydrogens (primary N) is 1. The second-order valence-electron chi connectivity index (χ2n) is 3.96. The first kappa shape index (κ1) is 11.6. The molecule has 0 saturated carbocycles. The Balaban J connectivity index is 2.64. The van der Waals surface area contributed by atoms with Crippen LogP contribution < -0.4 is 10.5 Å². The molecule has 4 heteroatoms. The van der Waals surface area contributed by atoms with Crippen molar-refractivity contribution in [2.75, 3.05) is 12.8 Å². The summed E-state index contributed by atoms with van der Waals surface area (Å²) in [6.07, 6.45) is 1.82. The van der Waals surface area contributed by atoms with Crippen LogP contribution in [0.5, 0.6) is 5.75 Å². The lowest BCUT2D eigenvalue weighted by Gasteiger charge is -2.08. The summed E-state index contributed by atoms with van der Waals surface area (Å²) < 4.78 is 18.5. The van der Waals surface area contributed by atoms with E-state index in [0.717, 1.165) is 23.9 Å². The van der Waals surface area contributed by atoms with Gasteiger partial charge in [0.1, 0.15) is 0 Å². The largest absolute Gasteiger partial charge is 0.494 e. The SMILES string of the molecule is CCCc1cc(N)c2cc(OC)c(F)cc2n1. The lowest BCUT2D eigenvalue weighted by atomic mass is 10.1. The number of fused-ring (bicyclic) bond motifs is 1. The van der Waals surface area contributed by atoms with Gasteiger partial charge >= 0.3 is 0 Å². The van der Waals surface area contributed by atoms with E-state index in [-0.39, 0.29) is 5.75 Å². The summed E-state index contributed by atoms with van der Waals surface area (Å²) in [6.45, 7) is 2.07. The maximum Gasteiger partial charge on any atom is 0.167 e. The van der Waals surface area contributed by atoms with Gasteiger partial charge in [0.05, 0.1) is 12.6 Å². The number of methoxy groups -OCH3 is 1. The number of pyridine rings is 1. The highest BCUT2D eigenvalue weighted by molar-refractivity contribution is 5.91. The van der Waals surface area contributed by atoms with Crippen molar-refractivity contribution in [3.63, 3.8) is 0 Å². The number of aromatic nitrogens is 1. The molecule has 0 fully saturated rings. The van der Waals surface area contributed by atoms with Crippen molar-refractivity contribution >= 4 is 16.6 Å². The van der Waals surface area contributed by atoms with E-state index in [1.54, 1.807) is 6.07 Å². The fourth-order valence-corrected chi connectivity index (χ4v) is 1.85. The number of aryl methyl sites for hydroxylation is 1. The summed E-state index contributed by atoms with van der Waals surface area (Å²) in [4.78, 5) is 4.39. The van der Waals surface area contributed by atoms with Crippen LogP contribution in [0.25, 0.3) is 10.9 Å². The van der Waals surface area contributed by atoms with Gasteiger partial charge in [-0.2, -0.15) is 0 Å². The minimum absolute atomic E-state index is 0.189. The number of halogens is 1. The van der Waals surface area contributed by atoms with Crippen LogP contribution in [0, 0.1) is 5.82 Å². The minimum Gasteiger partial charge on any atom is -0.494 e. The molecule has 2 aromatic rings. The molecule has 0 unspecified atom stereocenters. The lowest BCUT2D eigenvalue weighted by Crippen LogP contribution is -1.97. The van der Waals surface area contributed by atoms with E-state index in [2.05, 4.69) is 11.9 Å². The first-order chi connectivity index (χ1) is 8.15. The summed E-state index contributed by atoms with van der Waals surface area (Å²) in [5, 5.41) is 0.725. The highest BCUT2D eigenvalue weighted by atomic mass is 19.1. The molecule has 90 valence electrons. The molecule has 17 heavy (non-hydrogen) atoms. The van der Waals surface area contributed by atoms with E-state index in [1.165, 1.54) is 13.2 Å². The van der Waals surface area contributed by atoms with Gasteiger partial charge in [0.15, 0.2) is 11.6 Å². The number of nitrogen functional groups attached to an aromatic ring is 1. The molecule has 0 amide bonds. The molecule has 0 aliphatic heterocycles. The summed E-state index contributed by atoms with van der Waals surface area (Å²) in [5.74, 6) is -0.227. The number of benzene rings is 1. The van der Waals surface area contributed by atoms with Crippen molar-refractivity contribution < 1.29 is 9.13 Å². The first-order valence-electron chi connectivity index (χ1n) is 5.58. The van der Waals surface area contributed by atoms with E-state index < -0.39 is 5.82 Å². The van der Waals surface area contributed by atoms with Crippen LogP contribution in [-0.4, -0.2) is 12.1 Å². The van der Waals surface area contributed by atoms with E-state index in [1.807, 2.05) is 6.07 Å². The molecular weight excluding hydrogens is 219 g/mol. The van der Waals surface area contributed by atoms with Crippen molar-refractivity contribution in [3.8, 4) is 5.75 Å². The highest BCUT2D eigenvalue weighted by Crippen LogP contribution is 2.28. The van der Waals surface area contributed by atoms with Gasteiger partial charge in [0.25, 0.3) is 0 Å². The predicted octanol–water partition coefficient (Wildman–Crippen LogP) is 2.92. The Morgan fingerprint density at radius 2 is 2.12 bits per heavy atom. The number of rotatable bonds is 3. The zero-order valence-corrected chi connectivity index (χ0v) is 9.96. The molecular formula is C13H15FN2O. The average Bonchev–Trinajstić information content (AvgIpc) is 2.28. The first-order valence-corrected chi connectivity index (χ1v) is 5.58. The van der Waals surface area contributed by atoms with Crippen LogP contribution in [0.2, 0.25) is 0 Å².